The molecule has 0 fully saturated rings. The third-order valence-electron chi connectivity index (χ3n) is 1.60. The van der Waals surface area contributed by atoms with Crippen LogP contribution in [0.15, 0.2) is 0 Å². The van der Waals surface area contributed by atoms with E-state index < -0.39 is 6.10 Å². The Morgan fingerprint density at radius 3 is 1.91 bits per heavy atom. The minimum absolute atomic E-state index is 0.0995. The summed E-state index contributed by atoms with van der Waals surface area (Å²) in [4.78, 5) is 10.5. The van der Waals surface area contributed by atoms with Gasteiger partial charge in [0.25, 0.3) is 0 Å². The van der Waals surface area contributed by atoms with Crippen LogP contribution >= 0.6 is 0 Å². The highest BCUT2D eigenvalue weighted by molar-refractivity contribution is 5.80. The average Bonchev–Trinajstić information content (AvgIpc) is 2.05. The zero-order valence-electron chi connectivity index (χ0n) is 8.22. The Morgan fingerprint density at radius 1 is 1.45 bits per heavy atom. The summed E-state index contributed by atoms with van der Waals surface area (Å²) in [6.45, 7) is 9.24. The van der Waals surface area contributed by atoms with Gasteiger partial charge >= 0.3 is 0 Å². The third kappa shape index (κ3) is 6.05. The van der Waals surface area contributed by atoms with E-state index in [2.05, 4.69) is 0 Å². The molecule has 0 aromatic rings. The Hall–Kier alpha value is -0.370. The molecule has 2 atom stereocenters. The molecule has 0 bridgehead atoms. The quantitative estimate of drug-likeness (QED) is 0.685. The topological polar surface area (TPSA) is 37.3 Å². The zero-order chi connectivity index (χ0) is 9.44. The molecule has 0 saturated heterocycles. The molecule has 0 aliphatic carbocycles. The van der Waals surface area contributed by atoms with E-state index in [0.717, 1.165) is 6.42 Å². The van der Waals surface area contributed by atoms with Gasteiger partial charge in [0.1, 0.15) is 6.10 Å². The maximum Gasteiger partial charge on any atom is 0.158 e. The Morgan fingerprint density at radius 2 is 1.82 bits per heavy atom. The van der Waals surface area contributed by atoms with E-state index in [-0.39, 0.29) is 11.7 Å². The summed E-state index contributed by atoms with van der Waals surface area (Å²) in [6.07, 6.45) is 0.0933. The van der Waals surface area contributed by atoms with Crippen LogP contribution in [0, 0.1) is 5.92 Å². The van der Waals surface area contributed by atoms with E-state index in [1.54, 1.807) is 0 Å². The lowest BCUT2D eigenvalue weighted by Gasteiger charge is -2.12. The van der Waals surface area contributed by atoms with Gasteiger partial charge in [-0.1, -0.05) is 34.1 Å². The van der Waals surface area contributed by atoms with Gasteiger partial charge in [0.15, 0.2) is 5.78 Å². The third-order valence-corrected chi connectivity index (χ3v) is 1.60. The van der Waals surface area contributed by atoms with Crippen molar-refractivity contribution >= 4 is 5.78 Å². The van der Waals surface area contributed by atoms with Crippen molar-refractivity contribution < 1.29 is 9.90 Å². The van der Waals surface area contributed by atoms with E-state index in [9.17, 15) is 4.79 Å². The van der Waals surface area contributed by atoms with Gasteiger partial charge in [-0.15, -0.1) is 0 Å². The van der Waals surface area contributed by atoms with Crippen molar-refractivity contribution in [2.75, 3.05) is 0 Å². The van der Waals surface area contributed by atoms with Crippen LogP contribution in [-0.2, 0) is 4.79 Å². The lowest BCUT2D eigenvalue weighted by molar-refractivity contribution is -0.127. The summed E-state index contributed by atoms with van der Waals surface area (Å²) in [5.74, 6) is -0.0353. The van der Waals surface area contributed by atoms with Gasteiger partial charge in [-0.25, -0.2) is 0 Å². The highest BCUT2D eigenvalue weighted by Gasteiger charge is 2.15. The fourth-order valence-corrected chi connectivity index (χ4v) is 0.624. The predicted molar refractivity (Wildman–Crippen MR) is 47.5 cm³/mol. The van der Waals surface area contributed by atoms with E-state index in [0.29, 0.717) is 0 Å². The average molecular weight is 160 g/mol. The first kappa shape index (κ1) is 13.2. The molecular formula is C9H20O2. The van der Waals surface area contributed by atoms with E-state index in [1.807, 2.05) is 27.7 Å². The van der Waals surface area contributed by atoms with E-state index in [4.69, 9.17) is 5.11 Å². The number of aliphatic hydroxyl groups excluding tert-OH is 1. The van der Waals surface area contributed by atoms with Crippen LogP contribution in [0.4, 0.5) is 0 Å². The van der Waals surface area contributed by atoms with Crippen molar-refractivity contribution in [1.82, 2.24) is 0 Å². The largest absolute Gasteiger partial charge is 0.385 e. The highest BCUT2D eigenvalue weighted by atomic mass is 16.3. The molecule has 0 aliphatic rings. The van der Waals surface area contributed by atoms with Crippen molar-refractivity contribution in [3.8, 4) is 0 Å². The van der Waals surface area contributed by atoms with Crippen molar-refractivity contribution in [3.05, 3.63) is 0 Å². The Labute approximate surface area is 69.6 Å². The predicted octanol–water partition coefficient (Wildman–Crippen LogP) is 2.01. The van der Waals surface area contributed by atoms with Gasteiger partial charge in [-0.05, 0) is 12.8 Å². The summed E-state index contributed by atoms with van der Waals surface area (Å²) in [6, 6.07) is 0. The number of ketones is 1. The Bertz CT molecular complexity index is 99.7. The van der Waals surface area contributed by atoms with Gasteiger partial charge in [-0.2, -0.15) is 0 Å². The summed E-state index contributed by atoms with van der Waals surface area (Å²) in [7, 11) is 0. The smallest absolute Gasteiger partial charge is 0.158 e. The van der Waals surface area contributed by atoms with Crippen molar-refractivity contribution in [2.24, 2.45) is 5.92 Å². The summed E-state index contributed by atoms with van der Waals surface area (Å²) in [5.41, 5.74) is 0. The van der Waals surface area contributed by atoms with Crippen LogP contribution in [0.1, 0.15) is 41.0 Å². The van der Waals surface area contributed by atoms with E-state index in [1.165, 1.54) is 6.92 Å². The van der Waals surface area contributed by atoms with Gasteiger partial charge in [0.2, 0.25) is 0 Å². The fraction of sp³-hybridized carbons (Fsp3) is 0.889. The molecule has 68 valence electrons. The van der Waals surface area contributed by atoms with Gasteiger partial charge in [0, 0.05) is 0 Å². The second kappa shape index (κ2) is 7.73. The SMILES string of the molecule is CC.CCC(C)C(O)C(C)=O. The zero-order valence-corrected chi connectivity index (χ0v) is 8.22. The standard InChI is InChI=1S/C7H14O2.C2H6/c1-4-5(2)7(9)6(3)8;1-2/h5,7,9H,4H2,1-3H3;1-2H3. The van der Waals surface area contributed by atoms with Gasteiger partial charge in [0.05, 0.1) is 0 Å². The Kier molecular flexibility index (Phi) is 9.31. The van der Waals surface area contributed by atoms with Gasteiger partial charge in [-0.3, -0.25) is 4.79 Å². The second-order valence-electron chi connectivity index (χ2n) is 2.44. The van der Waals surface area contributed by atoms with Gasteiger partial charge < -0.3 is 5.11 Å². The maximum atomic E-state index is 10.5. The molecule has 0 aromatic heterocycles. The molecular weight excluding hydrogens is 140 g/mol. The van der Waals surface area contributed by atoms with Crippen LogP contribution in [0.2, 0.25) is 0 Å². The molecule has 0 aliphatic heterocycles. The molecule has 0 heterocycles. The minimum atomic E-state index is -0.755. The highest BCUT2D eigenvalue weighted by Crippen LogP contribution is 2.07. The molecule has 0 saturated carbocycles. The molecule has 11 heavy (non-hydrogen) atoms. The number of carbonyl (C=O) groups excluding carboxylic acids is 1. The maximum absolute atomic E-state index is 10.5. The molecule has 2 nitrogen and oxygen atoms in total. The minimum Gasteiger partial charge on any atom is -0.385 e. The molecule has 1 N–H and O–H groups in total. The molecule has 0 spiro atoms. The van der Waals surface area contributed by atoms with Crippen LogP contribution in [0.3, 0.4) is 0 Å². The van der Waals surface area contributed by atoms with E-state index >= 15 is 0 Å². The number of hydrogen-bond acceptors (Lipinski definition) is 2. The lowest BCUT2D eigenvalue weighted by atomic mass is 9.99. The lowest BCUT2D eigenvalue weighted by Crippen LogP contribution is -2.24. The van der Waals surface area contributed by atoms with Crippen molar-refractivity contribution in [1.29, 1.82) is 0 Å². The van der Waals surface area contributed by atoms with Crippen LogP contribution < -0.4 is 0 Å². The first-order valence-corrected chi connectivity index (χ1v) is 4.28. The summed E-state index contributed by atoms with van der Waals surface area (Å²) < 4.78 is 0. The van der Waals surface area contributed by atoms with Crippen molar-refractivity contribution in [3.63, 3.8) is 0 Å². The first-order valence-electron chi connectivity index (χ1n) is 4.28. The van der Waals surface area contributed by atoms with Crippen LogP contribution in [0.25, 0.3) is 0 Å². The molecule has 0 amide bonds. The number of aliphatic hydroxyl groups is 1. The number of Topliss-reactive ketones (excluding diaryl/α,β-unsaturated/α-hetero) is 1. The number of carbonyl (C=O) groups is 1. The molecule has 2 heteroatoms. The summed E-state index contributed by atoms with van der Waals surface area (Å²) in [5, 5.41) is 9.05. The summed E-state index contributed by atoms with van der Waals surface area (Å²) >= 11 is 0. The molecule has 2 unspecified atom stereocenters. The van der Waals surface area contributed by atoms with Crippen LogP contribution in [-0.4, -0.2) is 17.0 Å². The molecule has 0 rings (SSSR count). The number of hydrogen-bond donors (Lipinski definition) is 1. The van der Waals surface area contributed by atoms with Crippen LogP contribution in [0.5, 0.6) is 0 Å². The fourth-order valence-electron chi connectivity index (χ4n) is 0.624. The molecule has 0 radical (unpaired) electrons. The second-order valence-corrected chi connectivity index (χ2v) is 2.44. The normalized spacial score (nSPS) is 14.4. The molecule has 0 aromatic carbocycles. The Balaban J connectivity index is 0. The van der Waals surface area contributed by atoms with Crippen molar-refractivity contribution in [2.45, 2.75) is 47.1 Å². The monoisotopic (exact) mass is 160 g/mol. The first-order chi connectivity index (χ1) is 5.09. The number of rotatable bonds is 3.